The number of amides is 1. The highest BCUT2D eigenvalue weighted by Crippen LogP contribution is 2.62. The van der Waals surface area contributed by atoms with Crippen molar-refractivity contribution in [3.63, 3.8) is 0 Å². The minimum atomic E-state index is -0.766. The van der Waals surface area contributed by atoms with Crippen LogP contribution in [-0.4, -0.2) is 42.5 Å². The smallest absolute Gasteiger partial charge is 0.408 e. The van der Waals surface area contributed by atoms with E-state index < -0.39 is 23.7 Å². The molecule has 0 radical (unpaired) electrons. The van der Waals surface area contributed by atoms with Gasteiger partial charge in [0, 0.05) is 12.0 Å². The molecule has 0 aromatic heterocycles. The summed E-state index contributed by atoms with van der Waals surface area (Å²) >= 11 is 0. The van der Waals surface area contributed by atoms with Crippen LogP contribution in [0.15, 0.2) is 0 Å². The number of ether oxygens (including phenoxy) is 3. The Morgan fingerprint density at radius 3 is 2.03 bits per heavy atom. The zero-order valence-electron chi connectivity index (χ0n) is 19.9. The lowest BCUT2D eigenvalue weighted by atomic mass is 9.47. The Morgan fingerprint density at radius 1 is 1.00 bits per heavy atom. The number of rotatable bonds is 8. The number of esters is 1. The number of nitrogens with one attached hydrogen (secondary N) is 1. The Bertz CT molecular complexity index is 645. The minimum absolute atomic E-state index is 0.0563. The van der Waals surface area contributed by atoms with Gasteiger partial charge in [0.05, 0.1) is 6.10 Å². The van der Waals surface area contributed by atoms with Gasteiger partial charge in [-0.1, -0.05) is 0 Å². The molecule has 31 heavy (non-hydrogen) atoms. The van der Waals surface area contributed by atoms with Gasteiger partial charge in [0.25, 0.3) is 0 Å². The molecule has 1 N–H and O–H groups in total. The van der Waals surface area contributed by atoms with Crippen molar-refractivity contribution >= 4 is 12.1 Å². The zero-order valence-corrected chi connectivity index (χ0v) is 19.9. The molecule has 1 amide bonds. The molecule has 5 fully saturated rings. The summed E-state index contributed by atoms with van der Waals surface area (Å²) in [5, 5.41) is 2.60. The summed E-state index contributed by atoms with van der Waals surface area (Å²) in [6, 6.07) is -0.766. The van der Waals surface area contributed by atoms with Crippen LogP contribution in [-0.2, 0) is 19.0 Å². The van der Waals surface area contributed by atoms with E-state index in [0.29, 0.717) is 5.92 Å². The summed E-state index contributed by atoms with van der Waals surface area (Å²) in [5.41, 5.74) is -0.466. The van der Waals surface area contributed by atoms with Crippen LogP contribution in [0.5, 0.6) is 0 Å². The second-order valence-electron chi connectivity index (χ2n) is 12.0. The van der Waals surface area contributed by atoms with Crippen LogP contribution in [0.2, 0.25) is 0 Å². The van der Waals surface area contributed by atoms with Gasteiger partial charge in [0.2, 0.25) is 0 Å². The van der Waals surface area contributed by atoms with E-state index in [1.807, 2.05) is 6.92 Å². The van der Waals surface area contributed by atoms with E-state index in [2.05, 4.69) is 5.32 Å². The topological polar surface area (TPSA) is 73.9 Å². The molecule has 5 rings (SSSR count). The minimum Gasteiger partial charge on any atom is -0.458 e. The SMILES string of the molecule is C[C@H](NC(=O)OC(C)(C)C)C(=O)O[C@@H](C)[C@H](OCC1CC1)C12CC3CC(CC(C3)C1)C2. The van der Waals surface area contributed by atoms with Crippen molar-refractivity contribution in [2.45, 2.75) is 110 Å². The molecule has 5 saturated carbocycles. The number of alkyl carbamates (subject to hydrolysis) is 1. The molecule has 0 heterocycles. The van der Waals surface area contributed by atoms with Crippen LogP contribution in [0, 0.1) is 29.1 Å². The van der Waals surface area contributed by atoms with Gasteiger partial charge in [-0.25, -0.2) is 9.59 Å². The Kier molecular flexibility index (Phi) is 6.32. The predicted octanol–water partition coefficient (Wildman–Crippen LogP) is 4.84. The highest BCUT2D eigenvalue weighted by Gasteiger charge is 2.56. The lowest BCUT2D eigenvalue weighted by Gasteiger charge is -2.59. The van der Waals surface area contributed by atoms with E-state index in [1.54, 1.807) is 27.7 Å². The first-order valence-electron chi connectivity index (χ1n) is 12.3. The largest absolute Gasteiger partial charge is 0.458 e. The van der Waals surface area contributed by atoms with Crippen LogP contribution in [0.25, 0.3) is 0 Å². The van der Waals surface area contributed by atoms with E-state index in [9.17, 15) is 9.59 Å². The average Bonchev–Trinajstić information content (AvgIpc) is 3.43. The Morgan fingerprint density at radius 2 is 1.55 bits per heavy atom. The molecule has 0 aromatic rings. The standard InChI is InChI=1S/C25H41NO5/c1-15(26-23(28)31-24(3,4)5)22(27)30-16(2)21(29-14-17-6-7-17)25-11-18-8-19(12-25)10-20(9-18)13-25/h15-21H,6-14H2,1-5H3,(H,26,28)/t15-,16-,18?,19?,20?,21-,25?/m0/s1. The van der Waals surface area contributed by atoms with Gasteiger partial charge in [-0.15, -0.1) is 0 Å². The molecular weight excluding hydrogens is 394 g/mol. The fourth-order valence-electron chi connectivity index (χ4n) is 6.75. The van der Waals surface area contributed by atoms with E-state index in [4.69, 9.17) is 14.2 Å². The molecule has 5 aliphatic carbocycles. The average molecular weight is 436 g/mol. The molecule has 0 aromatic carbocycles. The van der Waals surface area contributed by atoms with Crippen LogP contribution in [0.1, 0.15) is 86.0 Å². The molecule has 3 atom stereocenters. The molecule has 6 nitrogen and oxygen atoms in total. The molecule has 0 unspecified atom stereocenters. The predicted molar refractivity (Wildman–Crippen MR) is 117 cm³/mol. The van der Waals surface area contributed by atoms with Crippen LogP contribution in [0.3, 0.4) is 0 Å². The van der Waals surface area contributed by atoms with Crippen molar-refractivity contribution in [3.05, 3.63) is 0 Å². The maximum absolute atomic E-state index is 12.8. The first-order chi connectivity index (χ1) is 14.5. The third kappa shape index (κ3) is 5.55. The third-order valence-electron chi connectivity index (χ3n) is 7.71. The van der Waals surface area contributed by atoms with Gasteiger partial charge < -0.3 is 19.5 Å². The Labute approximate surface area is 187 Å². The monoisotopic (exact) mass is 435 g/mol. The molecular formula is C25H41NO5. The van der Waals surface area contributed by atoms with Gasteiger partial charge in [-0.3, -0.25) is 0 Å². The summed E-state index contributed by atoms with van der Waals surface area (Å²) in [5.74, 6) is 2.69. The second-order valence-corrected chi connectivity index (χ2v) is 12.0. The summed E-state index contributed by atoms with van der Waals surface area (Å²) in [6.45, 7) is 9.79. The van der Waals surface area contributed by atoms with Crippen LogP contribution < -0.4 is 5.32 Å². The van der Waals surface area contributed by atoms with Gasteiger partial charge in [-0.05, 0) is 110 Å². The van der Waals surface area contributed by atoms with Crippen LogP contribution in [0.4, 0.5) is 4.79 Å². The lowest BCUT2D eigenvalue weighted by molar-refractivity contribution is -0.192. The highest BCUT2D eigenvalue weighted by molar-refractivity contribution is 5.81. The Balaban J connectivity index is 1.40. The van der Waals surface area contributed by atoms with Gasteiger partial charge in [-0.2, -0.15) is 0 Å². The summed E-state index contributed by atoms with van der Waals surface area (Å²) in [7, 11) is 0. The van der Waals surface area contributed by atoms with Gasteiger partial charge in [0.15, 0.2) is 0 Å². The zero-order chi connectivity index (χ0) is 22.4. The van der Waals surface area contributed by atoms with Crippen molar-refractivity contribution in [2.24, 2.45) is 29.1 Å². The molecule has 6 heteroatoms. The molecule has 4 bridgehead atoms. The maximum Gasteiger partial charge on any atom is 0.408 e. The molecule has 0 spiro atoms. The van der Waals surface area contributed by atoms with E-state index in [-0.39, 0.29) is 17.6 Å². The maximum atomic E-state index is 12.8. The van der Waals surface area contributed by atoms with Gasteiger partial charge >= 0.3 is 12.1 Å². The summed E-state index contributed by atoms with van der Waals surface area (Å²) in [6.07, 6.45) is 9.26. The number of carbonyl (C=O) groups excluding carboxylic acids is 2. The molecule has 0 saturated heterocycles. The summed E-state index contributed by atoms with van der Waals surface area (Å²) < 4.78 is 17.7. The molecule has 0 aliphatic heterocycles. The van der Waals surface area contributed by atoms with E-state index in [1.165, 1.54) is 51.4 Å². The van der Waals surface area contributed by atoms with Gasteiger partial charge in [0.1, 0.15) is 17.7 Å². The Hall–Kier alpha value is -1.30. The highest BCUT2D eigenvalue weighted by atomic mass is 16.6. The fourth-order valence-corrected chi connectivity index (χ4v) is 6.75. The summed E-state index contributed by atoms with van der Waals surface area (Å²) in [4.78, 5) is 24.8. The van der Waals surface area contributed by atoms with Crippen molar-refractivity contribution in [2.75, 3.05) is 6.61 Å². The van der Waals surface area contributed by atoms with Crippen molar-refractivity contribution in [1.29, 1.82) is 0 Å². The molecule has 176 valence electrons. The second kappa shape index (κ2) is 8.57. The van der Waals surface area contributed by atoms with E-state index >= 15 is 0 Å². The normalized spacial score (nSPS) is 34.7. The lowest BCUT2D eigenvalue weighted by Crippen LogP contribution is -2.56. The third-order valence-corrected chi connectivity index (χ3v) is 7.71. The van der Waals surface area contributed by atoms with Crippen molar-refractivity contribution in [1.82, 2.24) is 5.32 Å². The van der Waals surface area contributed by atoms with E-state index in [0.717, 1.165) is 24.4 Å². The van der Waals surface area contributed by atoms with Crippen molar-refractivity contribution < 1.29 is 23.8 Å². The number of carbonyl (C=O) groups is 2. The number of hydrogen-bond donors (Lipinski definition) is 1. The van der Waals surface area contributed by atoms with Crippen molar-refractivity contribution in [3.8, 4) is 0 Å². The first kappa shape index (κ1) is 22.9. The quantitative estimate of drug-likeness (QED) is 0.552. The van der Waals surface area contributed by atoms with Crippen LogP contribution >= 0.6 is 0 Å². The fraction of sp³-hybridized carbons (Fsp3) is 0.920. The number of hydrogen-bond acceptors (Lipinski definition) is 5. The molecule has 5 aliphatic rings. The first-order valence-corrected chi connectivity index (χ1v) is 12.3.